The molecule has 30 heavy (non-hydrogen) atoms. The molecule has 0 unspecified atom stereocenters. The fourth-order valence-electron chi connectivity index (χ4n) is 2.73. The van der Waals surface area contributed by atoms with Gasteiger partial charge in [-0.2, -0.15) is 9.78 Å². The number of methoxy groups -OCH3 is 1. The third-order valence-corrected chi connectivity index (χ3v) is 5.34. The van der Waals surface area contributed by atoms with Crippen molar-refractivity contribution in [2.45, 2.75) is 13.3 Å². The number of hydrogen-bond acceptors (Lipinski definition) is 6. The molecule has 0 aliphatic heterocycles. The number of carbonyl (C=O) groups is 1. The van der Waals surface area contributed by atoms with Crippen LogP contribution in [0.4, 0.5) is 0 Å². The van der Waals surface area contributed by atoms with Crippen LogP contribution in [0.1, 0.15) is 18.3 Å². The van der Waals surface area contributed by atoms with Crippen LogP contribution in [-0.2, 0) is 11.2 Å². The van der Waals surface area contributed by atoms with Gasteiger partial charge in [0.15, 0.2) is 18.1 Å². The molecule has 2 N–H and O–H groups in total. The summed E-state index contributed by atoms with van der Waals surface area (Å²) in [4.78, 5) is 28.5. The molecule has 1 heterocycles. The van der Waals surface area contributed by atoms with Crippen LogP contribution in [0.2, 0.25) is 0 Å². The molecule has 0 fully saturated rings. The van der Waals surface area contributed by atoms with Gasteiger partial charge >= 0.3 is 0 Å². The van der Waals surface area contributed by atoms with Crippen LogP contribution in [0, 0.1) is 0 Å². The van der Waals surface area contributed by atoms with E-state index < -0.39 is 5.91 Å². The number of primary amides is 1. The number of nitrogens with zero attached hydrogens (tertiary/aromatic N) is 3. The number of amides is 1. The van der Waals surface area contributed by atoms with E-state index in [9.17, 15) is 9.59 Å². The molecule has 0 aliphatic carbocycles. The Morgan fingerprint density at radius 3 is 2.70 bits per heavy atom. The van der Waals surface area contributed by atoms with Crippen molar-refractivity contribution in [1.29, 1.82) is 0 Å². The van der Waals surface area contributed by atoms with Crippen molar-refractivity contribution in [3.63, 3.8) is 0 Å². The van der Waals surface area contributed by atoms with Crippen molar-refractivity contribution in [3.05, 3.63) is 61.0 Å². The first-order valence-corrected chi connectivity index (χ1v) is 10.5. The lowest BCUT2D eigenvalue weighted by atomic mass is 10.2. The van der Waals surface area contributed by atoms with Gasteiger partial charge in [-0.15, -0.1) is 0 Å². The lowest BCUT2D eigenvalue weighted by Crippen LogP contribution is -2.22. The molecule has 1 amide bonds. The normalized spacial score (nSPS) is 11.2. The second-order valence-electron chi connectivity index (χ2n) is 6.18. The van der Waals surface area contributed by atoms with Gasteiger partial charge in [-0.3, -0.25) is 9.59 Å². The molecular formula is C20H18Br2N4O4. The second kappa shape index (κ2) is 9.40. The van der Waals surface area contributed by atoms with Crippen LogP contribution in [0.15, 0.2) is 49.2 Å². The third kappa shape index (κ3) is 4.71. The molecule has 0 spiro atoms. The Hall–Kier alpha value is -2.72. The van der Waals surface area contributed by atoms with Gasteiger partial charge in [0, 0.05) is 20.9 Å². The molecule has 3 aromatic rings. The van der Waals surface area contributed by atoms with Crippen molar-refractivity contribution in [1.82, 2.24) is 9.66 Å². The van der Waals surface area contributed by atoms with Gasteiger partial charge in [0.05, 0.1) is 24.2 Å². The minimum Gasteiger partial charge on any atom is -0.493 e. The second-order valence-corrected chi connectivity index (χ2v) is 7.95. The first-order chi connectivity index (χ1) is 14.3. The van der Waals surface area contributed by atoms with Gasteiger partial charge in [-0.25, -0.2) is 4.98 Å². The van der Waals surface area contributed by atoms with Crippen LogP contribution < -0.4 is 20.8 Å². The average Bonchev–Trinajstić information content (AvgIpc) is 2.72. The monoisotopic (exact) mass is 536 g/mol. The van der Waals surface area contributed by atoms with E-state index in [2.05, 4.69) is 41.9 Å². The van der Waals surface area contributed by atoms with Gasteiger partial charge < -0.3 is 15.2 Å². The van der Waals surface area contributed by atoms with Crippen LogP contribution in [0.5, 0.6) is 11.5 Å². The number of aryl methyl sites for hydroxylation is 1. The molecule has 8 nitrogen and oxygen atoms in total. The molecule has 0 bridgehead atoms. The minimum absolute atomic E-state index is 0.265. The first kappa shape index (κ1) is 22.0. The van der Waals surface area contributed by atoms with Crippen molar-refractivity contribution in [3.8, 4) is 11.5 Å². The maximum atomic E-state index is 13.0. The molecular weight excluding hydrogens is 520 g/mol. The molecule has 0 saturated carbocycles. The van der Waals surface area contributed by atoms with Crippen molar-refractivity contribution in [2.24, 2.45) is 10.8 Å². The first-order valence-electron chi connectivity index (χ1n) is 8.88. The quantitative estimate of drug-likeness (QED) is 0.465. The Kier molecular flexibility index (Phi) is 6.88. The predicted octanol–water partition coefficient (Wildman–Crippen LogP) is 3.24. The number of hydrogen-bond donors (Lipinski definition) is 1. The number of carbonyl (C=O) groups excluding carboxylic acids is 1. The van der Waals surface area contributed by atoms with Crippen LogP contribution in [-0.4, -0.2) is 35.5 Å². The number of rotatable bonds is 7. The highest BCUT2D eigenvalue weighted by Gasteiger charge is 2.12. The zero-order valence-electron chi connectivity index (χ0n) is 16.2. The number of fused-ring (bicyclic) bond motifs is 1. The summed E-state index contributed by atoms with van der Waals surface area (Å²) in [5, 5.41) is 4.83. The van der Waals surface area contributed by atoms with Crippen LogP contribution >= 0.6 is 31.9 Å². The Labute approximate surface area is 188 Å². The fraction of sp³-hybridized carbons (Fsp3) is 0.200. The molecule has 2 aromatic carbocycles. The van der Waals surface area contributed by atoms with Gasteiger partial charge in [-0.05, 0) is 46.3 Å². The Morgan fingerprint density at radius 1 is 1.27 bits per heavy atom. The van der Waals surface area contributed by atoms with Gasteiger partial charge in [-0.1, -0.05) is 22.9 Å². The van der Waals surface area contributed by atoms with Crippen LogP contribution in [0.25, 0.3) is 10.9 Å². The lowest BCUT2D eigenvalue weighted by molar-refractivity contribution is -0.119. The topological polar surface area (TPSA) is 109 Å². The molecule has 3 rings (SSSR count). The van der Waals surface area contributed by atoms with E-state index in [-0.39, 0.29) is 12.2 Å². The highest BCUT2D eigenvalue weighted by Crippen LogP contribution is 2.33. The Bertz CT molecular complexity index is 1210. The number of ether oxygens (including phenoxy) is 2. The molecule has 10 heteroatoms. The SMILES string of the molecule is CCc1nc2ccc(Br)cc2c(=O)n1N=Cc1cc(OC)c(OCC(N)=O)cc1Br. The molecule has 0 atom stereocenters. The summed E-state index contributed by atoms with van der Waals surface area (Å²) in [6.45, 7) is 1.63. The van der Waals surface area contributed by atoms with Crippen molar-refractivity contribution in [2.75, 3.05) is 13.7 Å². The molecule has 0 aliphatic rings. The van der Waals surface area contributed by atoms with E-state index in [1.54, 1.807) is 24.3 Å². The van der Waals surface area contributed by atoms with E-state index >= 15 is 0 Å². The highest BCUT2D eigenvalue weighted by molar-refractivity contribution is 9.10. The molecule has 0 radical (unpaired) electrons. The maximum Gasteiger partial charge on any atom is 0.282 e. The average molecular weight is 538 g/mol. The summed E-state index contributed by atoms with van der Waals surface area (Å²) in [6.07, 6.45) is 2.06. The van der Waals surface area contributed by atoms with Gasteiger partial charge in [0.2, 0.25) is 0 Å². The maximum absolute atomic E-state index is 13.0. The molecule has 0 saturated heterocycles. The van der Waals surface area contributed by atoms with Crippen molar-refractivity contribution < 1.29 is 14.3 Å². The fourth-order valence-corrected chi connectivity index (χ4v) is 3.52. The van der Waals surface area contributed by atoms with E-state index in [0.717, 1.165) is 4.47 Å². The largest absolute Gasteiger partial charge is 0.493 e. The smallest absolute Gasteiger partial charge is 0.282 e. The van der Waals surface area contributed by atoms with Crippen molar-refractivity contribution >= 4 is 54.9 Å². The van der Waals surface area contributed by atoms with E-state index in [1.165, 1.54) is 18.0 Å². The summed E-state index contributed by atoms with van der Waals surface area (Å²) in [6, 6.07) is 8.67. The summed E-state index contributed by atoms with van der Waals surface area (Å²) < 4.78 is 13.4. The minimum atomic E-state index is -0.597. The summed E-state index contributed by atoms with van der Waals surface area (Å²) >= 11 is 6.82. The zero-order chi connectivity index (χ0) is 21.8. The summed E-state index contributed by atoms with van der Waals surface area (Å²) in [5.41, 5.74) is 6.11. The van der Waals surface area contributed by atoms with Gasteiger partial charge in [0.25, 0.3) is 11.5 Å². The number of benzene rings is 2. The lowest BCUT2D eigenvalue weighted by Gasteiger charge is -2.12. The van der Waals surface area contributed by atoms with E-state index in [0.29, 0.717) is 44.7 Å². The van der Waals surface area contributed by atoms with E-state index in [1.807, 2.05) is 13.0 Å². The Morgan fingerprint density at radius 2 is 2.03 bits per heavy atom. The zero-order valence-corrected chi connectivity index (χ0v) is 19.4. The van der Waals surface area contributed by atoms with Crippen LogP contribution in [0.3, 0.4) is 0 Å². The van der Waals surface area contributed by atoms with Gasteiger partial charge in [0.1, 0.15) is 5.82 Å². The standard InChI is InChI=1S/C20H18Br2N4O4/c1-3-19-25-15-5-4-12(21)7-13(15)20(28)26(19)24-9-11-6-16(29-2)17(8-14(11)22)30-10-18(23)27/h4-9H,3,10H2,1-2H3,(H2,23,27). The highest BCUT2D eigenvalue weighted by atomic mass is 79.9. The third-order valence-electron chi connectivity index (χ3n) is 4.16. The number of aromatic nitrogens is 2. The Balaban J connectivity index is 2.05. The number of halogens is 2. The predicted molar refractivity (Wildman–Crippen MR) is 121 cm³/mol. The van der Waals surface area contributed by atoms with E-state index in [4.69, 9.17) is 15.2 Å². The molecule has 1 aromatic heterocycles. The summed E-state index contributed by atoms with van der Waals surface area (Å²) in [5.74, 6) is 0.685. The molecule has 156 valence electrons. The number of nitrogens with two attached hydrogens (primary N) is 1. The summed E-state index contributed by atoms with van der Waals surface area (Å²) in [7, 11) is 1.48.